The Morgan fingerprint density at radius 2 is 2.36 bits per heavy atom. The van der Waals surface area contributed by atoms with Gasteiger partial charge in [-0.15, -0.1) is 0 Å². The van der Waals surface area contributed by atoms with Crippen molar-refractivity contribution < 1.29 is 14.8 Å². The van der Waals surface area contributed by atoms with Gasteiger partial charge in [0.1, 0.15) is 0 Å². The summed E-state index contributed by atoms with van der Waals surface area (Å²) >= 11 is 0. The average Bonchev–Trinajstić information content (AvgIpc) is 2.18. The Labute approximate surface area is 83.0 Å². The molecule has 74 valence electrons. The van der Waals surface area contributed by atoms with E-state index in [0.29, 0.717) is 23.3 Å². The molecule has 0 saturated carbocycles. The Bertz CT molecular complexity index is 328. The first kappa shape index (κ1) is 10.9. The Balaban J connectivity index is 3.09. The Kier molecular flexibility index (Phi) is 3.82. The van der Waals surface area contributed by atoms with Crippen molar-refractivity contribution in [2.45, 2.75) is 6.61 Å². The molecule has 0 unspecified atom stereocenters. The third kappa shape index (κ3) is 2.41. The molecule has 0 atom stereocenters. The third-order valence-electron chi connectivity index (χ3n) is 1.83. The van der Waals surface area contributed by atoms with E-state index in [9.17, 15) is 0 Å². The van der Waals surface area contributed by atoms with Crippen LogP contribution in [0, 0.1) is 0 Å². The van der Waals surface area contributed by atoms with Gasteiger partial charge in [0, 0.05) is 13.3 Å². The molecule has 5 heteroatoms. The minimum absolute atomic E-state index is 0.303. The third-order valence-corrected chi connectivity index (χ3v) is 1.83. The molecular formula is C9H12BNO3. The molecule has 1 rings (SSSR count). The summed E-state index contributed by atoms with van der Waals surface area (Å²) < 4.78 is 4.90. The SMILES string of the molecule is C=Cc1cc(B(O)O)c(COC)cn1. The van der Waals surface area contributed by atoms with Gasteiger partial charge in [-0.25, -0.2) is 0 Å². The predicted molar refractivity (Wildman–Crippen MR) is 54.9 cm³/mol. The molecule has 0 aliphatic rings. The van der Waals surface area contributed by atoms with E-state index in [1.807, 2.05) is 0 Å². The fourth-order valence-corrected chi connectivity index (χ4v) is 1.14. The van der Waals surface area contributed by atoms with E-state index in [4.69, 9.17) is 14.8 Å². The van der Waals surface area contributed by atoms with E-state index < -0.39 is 7.12 Å². The van der Waals surface area contributed by atoms with Crippen molar-refractivity contribution in [2.75, 3.05) is 7.11 Å². The number of rotatable bonds is 4. The van der Waals surface area contributed by atoms with Crippen LogP contribution in [0.3, 0.4) is 0 Å². The van der Waals surface area contributed by atoms with Crippen LogP contribution in [-0.4, -0.2) is 29.3 Å². The van der Waals surface area contributed by atoms with Gasteiger partial charge < -0.3 is 14.8 Å². The van der Waals surface area contributed by atoms with Gasteiger partial charge in [0.15, 0.2) is 0 Å². The summed E-state index contributed by atoms with van der Waals surface area (Å²) in [5.41, 5.74) is 1.66. The molecule has 0 fully saturated rings. The summed E-state index contributed by atoms with van der Waals surface area (Å²) in [6.45, 7) is 3.85. The molecule has 14 heavy (non-hydrogen) atoms. The van der Waals surface area contributed by atoms with Crippen LogP contribution >= 0.6 is 0 Å². The van der Waals surface area contributed by atoms with Crippen LogP contribution in [0.15, 0.2) is 18.8 Å². The highest BCUT2D eigenvalue weighted by Crippen LogP contribution is 2.01. The first-order valence-electron chi connectivity index (χ1n) is 4.15. The summed E-state index contributed by atoms with van der Waals surface area (Å²) in [7, 11) is 0.0245. The van der Waals surface area contributed by atoms with Gasteiger partial charge in [-0.1, -0.05) is 6.58 Å². The molecule has 0 saturated heterocycles. The zero-order chi connectivity index (χ0) is 10.6. The summed E-state index contributed by atoms with van der Waals surface area (Å²) in [5.74, 6) is 0. The van der Waals surface area contributed by atoms with Gasteiger partial charge in [-0.05, 0) is 23.2 Å². The molecular weight excluding hydrogens is 181 g/mol. The fourth-order valence-electron chi connectivity index (χ4n) is 1.14. The van der Waals surface area contributed by atoms with E-state index >= 15 is 0 Å². The number of hydrogen-bond donors (Lipinski definition) is 2. The summed E-state index contributed by atoms with van der Waals surface area (Å²) in [6, 6.07) is 1.58. The molecule has 0 amide bonds. The van der Waals surface area contributed by atoms with E-state index in [-0.39, 0.29) is 0 Å². The van der Waals surface area contributed by atoms with Crippen molar-refractivity contribution in [3.63, 3.8) is 0 Å². The fraction of sp³-hybridized carbons (Fsp3) is 0.222. The summed E-state index contributed by atoms with van der Waals surface area (Å²) in [5, 5.41) is 18.2. The van der Waals surface area contributed by atoms with Gasteiger partial charge in [-0.3, -0.25) is 4.98 Å². The van der Waals surface area contributed by atoms with Crippen LogP contribution in [0.1, 0.15) is 11.3 Å². The van der Waals surface area contributed by atoms with Crippen LogP contribution in [0.5, 0.6) is 0 Å². The van der Waals surface area contributed by atoms with Crippen LogP contribution in [0.4, 0.5) is 0 Å². The molecule has 1 heterocycles. The Morgan fingerprint density at radius 3 is 2.86 bits per heavy atom. The average molecular weight is 193 g/mol. The van der Waals surface area contributed by atoms with E-state index in [1.165, 1.54) is 7.11 Å². The number of hydrogen-bond acceptors (Lipinski definition) is 4. The number of pyridine rings is 1. The van der Waals surface area contributed by atoms with Crippen LogP contribution in [0.25, 0.3) is 6.08 Å². The van der Waals surface area contributed by atoms with E-state index in [1.54, 1.807) is 18.3 Å². The largest absolute Gasteiger partial charge is 0.488 e. The molecule has 2 N–H and O–H groups in total. The minimum atomic E-state index is -1.51. The lowest BCUT2D eigenvalue weighted by atomic mass is 9.77. The van der Waals surface area contributed by atoms with Crippen molar-refractivity contribution in [1.82, 2.24) is 4.98 Å². The monoisotopic (exact) mass is 193 g/mol. The lowest BCUT2D eigenvalue weighted by Gasteiger charge is -2.08. The number of ether oxygens (including phenoxy) is 1. The second-order valence-electron chi connectivity index (χ2n) is 2.82. The molecule has 1 aromatic rings. The molecule has 0 bridgehead atoms. The molecule has 0 aliphatic heterocycles. The second-order valence-corrected chi connectivity index (χ2v) is 2.82. The first-order chi connectivity index (χ1) is 6.69. The van der Waals surface area contributed by atoms with Gasteiger partial charge in [0.2, 0.25) is 0 Å². The van der Waals surface area contributed by atoms with Crippen molar-refractivity contribution in [3.05, 3.63) is 30.1 Å². The van der Waals surface area contributed by atoms with Gasteiger partial charge in [0.25, 0.3) is 0 Å². The Morgan fingerprint density at radius 1 is 1.64 bits per heavy atom. The van der Waals surface area contributed by atoms with Crippen LogP contribution in [-0.2, 0) is 11.3 Å². The maximum absolute atomic E-state index is 9.09. The maximum atomic E-state index is 9.09. The summed E-state index contributed by atoms with van der Waals surface area (Å²) in [6.07, 6.45) is 3.09. The van der Waals surface area contributed by atoms with Gasteiger partial charge >= 0.3 is 7.12 Å². The first-order valence-corrected chi connectivity index (χ1v) is 4.15. The lowest BCUT2D eigenvalue weighted by molar-refractivity contribution is 0.185. The number of aromatic nitrogens is 1. The maximum Gasteiger partial charge on any atom is 0.488 e. The standard InChI is InChI=1S/C9H12BNO3/c1-3-8-4-9(10(12)13)7(5-11-8)6-14-2/h3-5,12-13H,1,6H2,2H3. The zero-order valence-electron chi connectivity index (χ0n) is 7.97. The lowest BCUT2D eigenvalue weighted by Crippen LogP contribution is -2.33. The van der Waals surface area contributed by atoms with Gasteiger partial charge in [-0.2, -0.15) is 0 Å². The molecule has 1 aromatic heterocycles. The quantitative estimate of drug-likeness (QED) is 0.635. The zero-order valence-corrected chi connectivity index (χ0v) is 7.97. The highest BCUT2D eigenvalue weighted by atomic mass is 16.5. The molecule has 0 aromatic carbocycles. The predicted octanol–water partition coefficient (Wildman–Crippen LogP) is -0.449. The Hall–Kier alpha value is -1.17. The molecule has 0 spiro atoms. The van der Waals surface area contributed by atoms with Crippen molar-refractivity contribution >= 4 is 18.7 Å². The van der Waals surface area contributed by atoms with Gasteiger partial charge in [0.05, 0.1) is 12.3 Å². The van der Waals surface area contributed by atoms with E-state index in [2.05, 4.69) is 11.6 Å². The van der Waals surface area contributed by atoms with Crippen molar-refractivity contribution in [3.8, 4) is 0 Å². The molecule has 0 aliphatic carbocycles. The second kappa shape index (κ2) is 4.90. The highest BCUT2D eigenvalue weighted by molar-refractivity contribution is 6.59. The highest BCUT2D eigenvalue weighted by Gasteiger charge is 2.16. The molecule has 0 radical (unpaired) electrons. The number of nitrogens with zero attached hydrogens (tertiary/aromatic N) is 1. The smallest absolute Gasteiger partial charge is 0.423 e. The minimum Gasteiger partial charge on any atom is -0.423 e. The van der Waals surface area contributed by atoms with Crippen molar-refractivity contribution in [2.24, 2.45) is 0 Å². The summed E-state index contributed by atoms with van der Waals surface area (Å²) in [4.78, 5) is 4.04. The van der Waals surface area contributed by atoms with E-state index in [0.717, 1.165) is 0 Å². The van der Waals surface area contributed by atoms with Crippen molar-refractivity contribution in [1.29, 1.82) is 0 Å². The van der Waals surface area contributed by atoms with Crippen LogP contribution < -0.4 is 5.46 Å². The number of methoxy groups -OCH3 is 1. The normalized spacial score (nSPS) is 9.93. The van der Waals surface area contributed by atoms with Crippen LogP contribution in [0.2, 0.25) is 0 Å². The topological polar surface area (TPSA) is 62.6 Å². The molecule has 4 nitrogen and oxygen atoms in total.